The van der Waals surface area contributed by atoms with Gasteiger partial charge in [-0.3, -0.25) is 9.59 Å². The maximum atomic E-state index is 12.4. The Hall–Kier alpha value is -1.79. The third kappa shape index (κ3) is 7.32. The summed E-state index contributed by atoms with van der Waals surface area (Å²) in [6.07, 6.45) is 3.31. The van der Waals surface area contributed by atoms with Crippen molar-refractivity contribution in [3.63, 3.8) is 0 Å². The molecule has 1 aliphatic rings. The normalized spacial score (nSPS) is 14.3. The summed E-state index contributed by atoms with van der Waals surface area (Å²) < 4.78 is 11.0. The summed E-state index contributed by atoms with van der Waals surface area (Å²) >= 11 is 0. The summed E-state index contributed by atoms with van der Waals surface area (Å²) in [5.41, 5.74) is 0.590. The highest BCUT2D eigenvalue weighted by Gasteiger charge is 2.22. The Kier molecular flexibility index (Phi) is 10.9. The second-order valence-electron chi connectivity index (χ2n) is 7.01. The van der Waals surface area contributed by atoms with E-state index in [0.717, 1.165) is 39.0 Å². The topological polar surface area (TPSA) is 67.9 Å². The van der Waals surface area contributed by atoms with Gasteiger partial charge in [0, 0.05) is 25.1 Å². The minimum absolute atomic E-state index is 0. The van der Waals surface area contributed by atoms with Gasteiger partial charge in [-0.2, -0.15) is 0 Å². The number of amides is 1. The highest BCUT2D eigenvalue weighted by atomic mass is 35.5. The van der Waals surface area contributed by atoms with Gasteiger partial charge >= 0.3 is 0 Å². The molecule has 1 N–H and O–H groups in total. The zero-order chi connectivity index (χ0) is 19.6. The van der Waals surface area contributed by atoms with Gasteiger partial charge in [-0.1, -0.05) is 6.92 Å². The lowest BCUT2D eigenvalue weighted by Gasteiger charge is -2.32. The van der Waals surface area contributed by atoms with Crippen LogP contribution in [0.15, 0.2) is 18.2 Å². The molecule has 0 atom stereocenters. The molecule has 6 nitrogen and oxygen atoms in total. The first kappa shape index (κ1) is 24.2. The van der Waals surface area contributed by atoms with Crippen LogP contribution in [0.1, 0.15) is 49.9 Å². The van der Waals surface area contributed by atoms with E-state index in [1.807, 2.05) is 4.90 Å². The fourth-order valence-electron chi connectivity index (χ4n) is 3.30. The summed E-state index contributed by atoms with van der Waals surface area (Å²) in [6.45, 7) is 7.85. The van der Waals surface area contributed by atoms with Crippen molar-refractivity contribution >= 4 is 24.1 Å². The second-order valence-corrected chi connectivity index (χ2v) is 7.01. The van der Waals surface area contributed by atoms with Gasteiger partial charge in [-0.15, -0.1) is 12.4 Å². The van der Waals surface area contributed by atoms with E-state index >= 15 is 0 Å². The van der Waals surface area contributed by atoms with Crippen LogP contribution in [0.3, 0.4) is 0 Å². The molecule has 1 amide bonds. The first-order valence-electron chi connectivity index (χ1n) is 9.85. The molecule has 2 rings (SSSR count). The quantitative estimate of drug-likeness (QED) is 0.471. The average molecular weight is 413 g/mol. The maximum Gasteiger partial charge on any atom is 0.222 e. The smallest absolute Gasteiger partial charge is 0.222 e. The summed E-state index contributed by atoms with van der Waals surface area (Å²) in [6, 6.07) is 5.15. The Morgan fingerprint density at radius 2 is 1.93 bits per heavy atom. The minimum Gasteiger partial charge on any atom is -0.493 e. The number of piperidine rings is 1. The zero-order valence-electron chi connectivity index (χ0n) is 17.2. The van der Waals surface area contributed by atoms with Gasteiger partial charge < -0.3 is 19.7 Å². The lowest BCUT2D eigenvalue weighted by atomic mass is 9.96. The van der Waals surface area contributed by atoms with E-state index in [1.54, 1.807) is 25.3 Å². The molecule has 0 aliphatic carbocycles. The molecular weight excluding hydrogens is 380 g/mol. The number of nitrogens with one attached hydrogen (secondary N) is 1. The highest BCUT2D eigenvalue weighted by Crippen LogP contribution is 2.28. The predicted molar refractivity (Wildman–Crippen MR) is 113 cm³/mol. The molecule has 1 saturated heterocycles. The van der Waals surface area contributed by atoms with Crippen LogP contribution in [-0.4, -0.2) is 56.5 Å². The van der Waals surface area contributed by atoms with E-state index in [9.17, 15) is 9.59 Å². The number of halogens is 1. The van der Waals surface area contributed by atoms with Crippen LogP contribution < -0.4 is 14.8 Å². The summed E-state index contributed by atoms with van der Waals surface area (Å²) in [5.74, 6) is 2.01. The van der Waals surface area contributed by atoms with Crippen LogP contribution in [0.2, 0.25) is 0 Å². The lowest BCUT2D eigenvalue weighted by Crippen LogP contribution is -2.40. The molecule has 158 valence electrons. The van der Waals surface area contributed by atoms with Gasteiger partial charge in [0.15, 0.2) is 17.3 Å². The number of ketones is 1. The number of likely N-dealkylation sites (tertiary alicyclic amines) is 1. The van der Waals surface area contributed by atoms with E-state index in [4.69, 9.17) is 9.47 Å². The lowest BCUT2D eigenvalue weighted by molar-refractivity contribution is -0.132. The Morgan fingerprint density at radius 3 is 2.54 bits per heavy atom. The molecule has 0 aromatic heterocycles. The van der Waals surface area contributed by atoms with Gasteiger partial charge in [0.2, 0.25) is 5.91 Å². The van der Waals surface area contributed by atoms with Crippen molar-refractivity contribution in [2.24, 2.45) is 5.92 Å². The monoisotopic (exact) mass is 412 g/mol. The third-order valence-corrected chi connectivity index (χ3v) is 5.01. The first-order valence-corrected chi connectivity index (χ1v) is 9.85. The summed E-state index contributed by atoms with van der Waals surface area (Å²) in [7, 11) is 1.55. The number of ether oxygens (including phenoxy) is 2. The minimum atomic E-state index is -0.0142. The Bertz CT molecular complexity index is 631. The van der Waals surface area contributed by atoms with Crippen LogP contribution >= 0.6 is 12.4 Å². The number of carbonyl (C=O) groups is 2. The summed E-state index contributed by atoms with van der Waals surface area (Å²) in [5, 5.41) is 3.39. The van der Waals surface area contributed by atoms with E-state index < -0.39 is 0 Å². The second kappa shape index (κ2) is 12.6. The van der Waals surface area contributed by atoms with Crippen molar-refractivity contribution in [3.05, 3.63) is 23.8 Å². The van der Waals surface area contributed by atoms with Gasteiger partial charge in [0.25, 0.3) is 0 Å². The fourth-order valence-corrected chi connectivity index (χ4v) is 3.30. The van der Waals surface area contributed by atoms with Gasteiger partial charge in [0.05, 0.1) is 13.7 Å². The molecule has 0 bridgehead atoms. The molecule has 1 aromatic rings. The Morgan fingerprint density at radius 1 is 1.21 bits per heavy atom. The highest BCUT2D eigenvalue weighted by molar-refractivity contribution is 5.94. The molecular formula is C21H33ClN2O4. The van der Waals surface area contributed by atoms with E-state index in [-0.39, 0.29) is 24.1 Å². The van der Waals surface area contributed by atoms with Crippen LogP contribution in [0.25, 0.3) is 0 Å². The first-order chi connectivity index (χ1) is 13.0. The predicted octanol–water partition coefficient (Wildman–Crippen LogP) is 3.33. The largest absolute Gasteiger partial charge is 0.493 e. The van der Waals surface area contributed by atoms with Crippen molar-refractivity contribution in [3.8, 4) is 11.5 Å². The van der Waals surface area contributed by atoms with Crippen molar-refractivity contribution < 1.29 is 19.1 Å². The number of benzene rings is 1. The Labute approximate surface area is 174 Å². The van der Waals surface area contributed by atoms with E-state index in [1.165, 1.54) is 6.92 Å². The molecule has 1 aliphatic heterocycles. The van der Waals surface area contributed by atoms with Crippen molar-refractivity contribution in [2.45, 2.75) is 39.5 Å². The molecule has 1 fully saturated rings. The zero-order valence-corrected chi connectivity index (χ0v) is 18.0. The molecule has 7 heteroatoms. The molecule has 0 unspecified atom stereocenters. The SMILES string of the molecule is CCNCC1CCN(C(=O)CCCOc2ccc(C(C)=O)cc2OC)CC1.Cl. The van der Waals surface area contributed by atoms with Crippen LogP contribution in [0, 0.1) is 5.92 Å². The summed E-state index contributed by atoms with van der Waals surface area (Å²) in [4.78, 5) is 25.8. The number of hydrogen-bond donors (Lipinski definition) is 1. The number of carbonyl (C=O) groups excluding carboxylic acids is 2. The van der Waals surface area contributed by atoms with Crippen LogP contribution in [-0.2, 0) is 4.79 Å². The van der Waals surface area contributed by atoms with Crippen molar-refractivity contribution in [1.29, 1.82) is 0 Å². The molecule has 0 spiro atoms. The van der Waals surface area contributed by atoms with Crippen molar-refractivity contribution in [2.75, 3.05) is 39.9 Å². The molecule has 0 saturated carbocycles. The van der Waals surface area contributed by atoms with E-state index in [2.05, 4.69) is 12.2 Å². The fraction of sp³-hybridized carbons (Fsp3) is 0.619. The maximum absolute atomic E-state index is 12.4. The number of Topliss-reactive ketones (excluding diaryl/α,β-unsaturated/α-hetero) is 1. The standard InChI is InChI=1S/C21H32N2O4.ClH/c1-4-22-15-17-9-11-23(12-10-17)21(25)6-5-13-27-19-8-7-18(16(2)24)14-20(19)26-3;/h7-8,14,17,22H,4-6,9-13,15H2,1-3H3;1H. The van der Waals surface area contributed by atoms with Crippen LogP contribution in [0.5, 0.6) is 11.5 Å². The average Bonchev–Trinajstić information content (AvgIpc) is 2.69. The molecule has 28 heavy (non-hydrogen) atoms. The Balaban J connectivity index is 0.00000392. The van der Waals surface area contributed by atoms with E-state index in [0.29, 0.717) is 42.4 Å². The third-order valence-electron chi connectivity index (χ3n) is 5.01. The molecule has 0 radical (unpaired) electrons. The van der Waals surface area contributed by atoms with Gasteiger partial charge in [-0.05, 0) is 63.4 Å². The van der Waals surface area contributed by atoms with Crippen molar-refractivity contribution in [1.82, 2.24) is 10.2 Å². The molecule has 1 aromatic carbocycles. The van der Waals surface area contributed by atoms with Gasteiger partial charge in [0.1, 0.15) is 0 Å². The number of rotatable bonds is 10. The number of hydrogen-bond acceptors (Lipinski definition) is 5. The number of methoxy groups -OCH3 is 1. The molecule has 1 heterocycles. The van der Waals surface area contributed by atoms with Gasteiger partial charge in [-0.25, -0.2) is 0 Å². The van der Waals surface area contributed by atoms with Crippen LogP contribution in [0.4, 0.5) is 0 Å². The number of nitrogens with zero attached hydrogens (tertiary/aromatic N) is 1.